The van der Waals surface area contributed by atoms with Crippen LogP contribution in [-0.2, 0) is 17.5 Å². The quantitative estimate of drug-likeness (QED) is 0.219. The summed E-state index contributed by atoms with van der Waals surface area (Å²) >= 11 is 0. The van der Waals surface area contributed by atoms with E-state index in [0.717, 1.165) is 57.6 Å². The molecule has 1 saturated heterocycles. The molecular weight excluding hydrogens is 534 g/mol. The molecular formula is C22H33F3IN5O. The Kier molecular flexibility index (Phi) is 10.5. The van der Waals surface area contributed by atoms with Gasteiger partial charge in [0.1, 0.15) is 0 Å². The predicted octanol–water partition coefficient (Wildman–Crippen LogP) is 3.47. The smallest absolute Gasteiger partial charge is 0.357 e. The van der Waals surface area contributed by atoms with Gasteiger partial charge in [0, 0.05) is 58.3 Å². The second-order valence-corrected chi connectivity index (χ2v) is 8.14. The van der Waals surface area contributed by atoms with Crippen molar-refractivity contribution in [2.24, 2.45) is 4.99 Å². The number of guanidine groups is 1. The van der Waals surface area contributed by atoms with Crippen molar-refractivity contribution in [2.75, 3.05) is 39.3 Å². The summed E-state index contributed by atoms with van der Waals surface area (Å²) in [5.74, 6) is 0.940. The van der Waals surface area contributed by atoms with E-state index >= 15 is 0 Å². The van der Waals surface area contributed by atoms with Gasteiger partial charge in [-0.1, -0.05) is 18.2 Å². The first-order valence-electron chi connectivity index (χ1n) is 11.1. The molecule has 1 aromatic rings. The van der Waals surface area contributed by atoms with Gasteiger partial charge in [0.2, 0.25) is 5.91 Å². The number of alkyl halides is 3. The van der Waals surface area contributed by atoms with Gasteiger partial charge in [-0.05, 0) is 37.8 Å². The summed E-state index contributed by atoms with van der Waals surface area (Å²) in [5, 5.41) is 6.29. The minimum Gasteiger partial charge on any atom is -0.357 e. The number of hydrogen-bond donors (Lipinski definition) is 2. The van der Waals surface area contributed by atoms with Gasteiger partial charge in [-0.15, -0.1) is 24.0 Å². The highest BCUT2D eigenvalue weighted by molar-refractivity contribution is 14.0. The van der Waals surface area contributed by atoms with Crippen LogP contribution < -0.4 is 10.6 Å². The van der Waals surface area contributed by atoms with Crippen LogP contribution in [0.2, 0.25) is 0 Å². The van der Waals surface area contributed by atoms with E-state index in [4.69, 9.17) is 0 Å². The Morgan fingerprint density at radius 1 is 1.19 bits per heavy atom. The van der Waals surface area contributed by atoms with E-state index in [1.807, 2.05) is 6.92 Å². The average Bonchev–Trinajstić information content (AvgIpc) is 3.54. The Bertz CT molecular complexity index is 762. The zero-order valence-corrected chi connectivity index (χ0v) is 20.8. The molecule has 180 valence electrons. The summed E-state index contributed by atoms with van der Waals surface area (Å²) in [6.45, 7) is 6.88. The normalized spacial score (nSPS) is 17.6. The Labute approximate surface area is 205 Å². The van der Waals surface area contributed by atoms with Crippen LogP contribution in [0, 0.1) is 0 Å². The molecule has 0 spiro atoms. The largest absolute Gasteiger partial charge is 0.416 e. The van der Waals surface area contributed by atoms with Gasteiger partial charge in [-0.25, -0.2) is 0 Å². The summed E-state index contributed by atoms with van der Waals surface area (Å²) in [4.78, 5) is 20.8. The van der Waals surface area contributed by atoms with Crippen LogP contribution in [0.25, 0.3) is 0 Å². The molecule has 1 amide bonds. The lowest BCUT2D eigenvalue weighted by Crippen LogP contribution is -2.52. The Balaban J connectivity index is 0.00000363. The lowest BCUT2D eigenvalue weighted by molar-refractivity contribution is -0.137. The van der Waals surface area contributed by atoms with Gasteiger partial charge in [-0.2, -0.15) is 13.2 Å². The molecule has 3 rings (SSSR count). The molecule has 0 aromatic heterocycles. The average molecular weight is 567 g/mol. The minimum atomic E-state index is -4.32. The standard InChI is InChI=1S/C22H32F3N5O.HI/c1-2-26-21(27-10-4-7-20(31)28-19-8-9-19)30-13-11-29(12-14-30)16-17-5-3-6-18(15-17)22(23,24)25;/h3,5-6,15,19H,2,4,7-14,16H2,1H3,(H,26,27)(H,28,31);1H. The van der Waals surface area contributed by atoms with E-state index in [9.17, 15) is 18.0 Å². The number of halogens is 4. The highest BCUT2D eigenvalue weighted by atomic mass is 127. The van der Waals surface area contributed by atoms with Gasteiger partial charge in [-0.3, -0.25) is 14.7 Å². The topological polar surface area (TPSA) is 60.0 Å². The molecule has 32 heavy (non-hydrogen) atoms. The summed E-state index contributed by atoms with van der Waals surface area (Å²) in [6, 6.07) is 5.94. The molecule has 0 atom stereocenters. The van der Waals surface area contributed by atoms with Gasteiger partial charge < -0.3 is 15.5 Å². The van der Waals surface area contributed by atoms with Crippen molar-refractivity contribution >= 4 is 35.8 Å². The molecule has 1 saturated carbocycles. The first-order valence-corrected chi connectivity index (χ1v) is 11.1. The molecule has 1 aliphatic carbocycles. The Morgan fingerprint density at radius 3 is 2.53 bits per heavy atom. The third-order valence-corrected chi connectivity index (χ3v) is 5.43. The summed E-state index contributed by atoms with van der Waals surface area (Å²) in [6.07, 6.45) is -0.931. The van der Waals surface area contributed by atoms with Gasteiger partial charge in [0.05, 0.1) is 5.56 Å². The maximum Gasteiger partial charge on any atom is 0.416 e. The zero-order valence-electron chi connectivity index (χ0n) is 18.5. The third kappa shape index (κ3) is 8.76. The fourth-order valence-corrected chi connectivity index (χ4v) is 3.60. The lowest BCUT2D eigenvalue weighted by atomic mass is 10.1. The molecule has 1 heterocycles. The van der Waals surface area contributed by atoms with E-state index in [2.05, 4.69) is 25.4 Å². The lowest BCUT2D eigenvalue weighted by Gasteiger charge is -2.36. The fourth-order valence-electron chi connectivity index (χ4n) is 3.60. The van der Waals surface area contributed by atoms with Crippen molar-refractivity contribution < 1.29 is 18.0 Å². The first-order chi connectivity index (χ1) is 14.8. The van der Waals surface area contributed by atoms with Gasteiger partial charge in [0.25, 0.3) is 0 Å². The maximum absolute atomic E-state index is 12.9. The van der Waals surface area contributed by atoms with Crippen LogP contribution in [0.5, 0.6) is 0 Å². The van der Waals surface area contributed by atoms with Crippen LogP contribution in [0.15, 0.2) is 29.3 Å². The first kappa shape index (κ1) is 26.7. The van der Waals surface area contributed by atoms with Crippen molar-refractivity contribution in [3.63, 3.8) is 0 Å². The van der Waals surface area contributed by atoms with Crippen LogP contribution in [0.4, 0.5) is 13.2 Å². The monoisotopic (exact) mass is 567 g/mol. The van der Waals surface area contributed by atoms with Crippen molar-refractivity contribution in [2.45, 2.75) is 51.4 Å². The maximum atomic E-state index is 12.9. The minimum absolute atomic E-state index is 0. The fraction of sp³-hybridized carbons (Fsp3) is 0.636. The number of hydrogen-bond acceptors (Lipinski definition) is 3. The molecule has 2 N–H and O–H groups in total. The van der Waals surface area contributed by atoms with Crippen molar-refractivity contribution in [1.29, 1.82) is 0 Å². The number of rotatable bonds is 8. The molecule has 1 aromatic carbocycles. The second-order valence-electron chi connectivity index (χ2n) is 8.14. The number of nitrogens with zero attached hydrogens (tertiary/aromatic N) is 3. The summed E-state index contributed by atoms with van der Waals surface area (Å²) in [7, 11) is 0. The molecule has 6 nitrogen and oxygen atoms in total. The van der Waals surface area contributed by atoms with Crippen molar-refractivity contribution in [3.05, 3.63) is 35.4 Å². The summed E-state index contributed by atoms with van der Waals surface area (Å²) < 4.78 is 38.8. The van der Waals surface area contributed by atoms with Gasteiger partial charge in [0.15, 0.2) is 5.96 Å². The van der Waals surface area contributed by atoms with Crippen LogP contribution in [-0.4, -0.2) is 67.0 Å². The Morgan fingerprint density at radius 2 is 1.91 bits per heavy atom. The summed E-state index contributed by atoms with van der Waals surface area (Å²) in [5.41, 5.74) is 0.0735. The van der Waals surface area contributed by atoms with Crippen molar-refractivity contribution in [3.8, 4) is 0 Å². The molecule has 2 fully saturated rings. The van der Waals surface area contributed by atoms with E-state index in [0.29, 0.717) is 37.5 Å². The number of carbonyl (C=O) groups is 1. The molecule has 0 unspecified atom stereocenters. The highest BCUT2D eigenvalue weighted by Crippen LogP contribution is 2.29. The number of aliphatic imine (C=N–C) groups is 1. The van der Waals surface area contributed by atoms with E-state index in [-0.39, 0.29) is 29.9 Å². The SMILES string of the molecule is CCNC(=NCCCC(=O)NC1CC1)N1CCN(Cc2cccc(C(F)(F)F)c2)CC1.I. The Hall–Kier alpha value is -1.56. The number of piperazine rings is 1. The molecule has 0 bridgehead atoms. The molecule has 1 aliphatic heterocycles. The highest BCUT2D eigenvalue weighted by Gasteiger charge is 2.30. The zero-order chi connectivity index (χ0) is 22.3. The van der Waals surface area contributed by atoms with Crippen molar-refractivity contribution in [1.82, 2.24) is 20.4 Å². The number of benzene rings is 1. The van der Waals surface area contributed by atoms with E-state index in [1.54, 1.807) is 6.07 Å². The van der Waals surface area contributed by atoms with E-state index in [1.165, 1.54) is 12.1 Å². The van der Waals surface area contributed by atoms with Crippen LogP contribution in [0.3, 0.4) is 0 Å². The third-order valence-electron chi connectivity index (χ3n) is 5.43. The van der Waals surface area contributed by atoms with Crippen LogP contribution in [0.1, 0.15) is 43.7 Å². The number of nitrogens with one attached hydrogen (secondary N) is 2. The molecule has 10 heteroatoms. The number of carbonyl (C=O) groups excluding carboxylic acids is 1. The second kappa shape index (κ2) is 12.6. The molecule has 0 radical (unpaired) electrons. The van der Waals surface area contributed by atoms with Gasteiger partial charge >= 0.3 is 6.18 Å². The van der Waals surface area contributed by atoms with E-state index < -0.39 is 11.7 Å². The molecule has 2 aliphatic rings. The number of amides is 1. The van der Waals surface area contributed by atoms with Crippen LogP contribution >= 0.6 is 24.0 Å². The predicted molar refractivity (Wildman–Crippen MR) is 130 cm³/mol.